The molecule has 4 nitrogen and oxygen atoms in total. The van der Waals surface area contributed by atoms with Gasteiger partial charge >= 0.3 is 0 Å². The van der Waals surface area contributed by atoms with Crippen LogP contribution in [0.5, 0.6) is 0 Å². The second-order valence-corrected chi connectivity index (χ2v) is 5.79. The van der Waals surface area contributed by atoms with E-state index >= 15 is 0 Å². The zero-order chi connectivity index (χ0) is 13.9. The lowest BCUT2D eigenvalue weighted by Crippen LogP contribution is -2.13. The van der Waals surface area contributed by atoms with Gasteiger partial charge in [0.2, 0.25) is 0 Å². The van der Waals surface area contributed by atoms with Crippen LogP contribution in [-0.2, 0) is 6.54 Å². The minimum atomic E-state index is 0.838. The van der Waals surface area contributed by atoms with Crippen molar-refractivity contribution in [1.82, 2.24) is 20.1 Å². The molecule has 1 aromatic carbocycles. The fourth-order valence-electron chi connectivity index (χ4n) is 2.18. The van der Waals surface area contributed by atoms with Crippen molar-refractivity contribution in [2.24, 2.45) is 0 Å². The van der Waals surface area contributed by atoms with E-state index in [0.717, 1.165) is 28.0 Å². The van der Waals surface area contributed by atoms with Gasteiger partial charge in [0, 0.05) is 18.1 Å². The van der Waals surface area contributed by atoms with Crippen LogP contribution in [0, 0.1) is 3.57 Å². The highest BCUT2D eigenvalue weighted by Gasteiger charge is 2.07. The van der Waals surface area contributed by atoms with E-state index in [0.29, 0.717) is 0 Å². The van der Waals surface area contributed by atoms with Crippen LogP contribution in [-0.4, -0.2) is 21.3 Å². The second-order valence-electron chi connectivity index (χ2n) is 4.54. The highest BCUT2D eigenvalue weighted by Crippen LogP contribution is 2.20. The Labute approximate surface area is 131 Å². The highest BCUT2D eigenvalue weighted by molar-refractivity contribution is 14.1. The first-order valence-electron chi connectivity index (χ1n) is 6.58. The molecule has 0 aliphatic heterocycles. The van der Waals surface area contributed by atoms with Gasteiger partial charge in [-0.3, -0.25) is 0 Å². The average Bonchev–Trinajstić information content (AvgIpc) is 2.91. The Bertz CT molecular complexity index is 736. The van der Waals surface area contributed by atoms with E-state index in [4.69, 9.17) is 4.98 Å². The van der Waals surface area contributed by atoms with Crippen molar-refractivity contribution in [2.45, 2.75) is 13.5 Å². The Hall–Kier alpha value is -1.47. The summed E-state index contributed by atoms with van der Waals surface area (Å²) in [7, 11) is 0. The highest BCUT2D eigenvalue weighted by atomic mass is 127. The number of para-hydroxylation sites is 1. The van der Waals surface area contributed by atoms with Crippen LogP contribution in [0.1, 0.15) is 12.5 Å². The molecule has 3 rings (SSSR count). The summed E-state index contributed by atoms with van der Waals surface area (Å²) >= 11 is 2.25. The minimum absolute atomic E-state index is 0.838. The molecule has 0 fully saturated rings. The molecular formula is C15H15IN4. The molecule has 0 atom stereocenters. The normalized spacial score (nSPS) is 11.1. The lowest BCUT2D eigenvalue weighted by atomic mass is 10.1. The van der Waals surface area contributed by atoms with Gasteiger partial charge in [-0.05, 0) is 46.8 Å². The number of fused-ring (bicyclic) bond motifs is 1. The molecule has 0 unspecified atom stereocenters. The summed E-state index contributed by atoms with van der Waals surface area (Å²) in [6.45, 7) is 3.90. The topological polar surface area (TPSA) is 42.7 Å². The smallest absolute Gasteiger partial charge is 0.154 e. The summed E-state index contributed by atoms with van der Waals surface area (Å²) in [5, 5.41) is 8.92. The van der Waals surface area contributed by atoms with Gasteiger partial charge in [0.1, 0.15) is 0 Å². The fraction of sp³-hybridized carbons (Fsp3) is 0.200. The number of halogens is 1. The Kier molecular flexibility index (Phi) is 3.98. The Balaban J connectivity index is 2.14. The van der Waals surface area contributed by atoms with Crippen LogP contribution in [0.3, 0.4) is 0 Å². The monoisotopic (exact) mass is 378 g/mol. The van der Waals surface area contributed by atoms with Gasteiger partial charge in [-0.1, -0.05) is 25.1 Å². The Morgan fingerprint density at radius 2 is 2.15 bits per heavy atom. The van der Waals surface area contributed by atoms with Gasteiger partial charge in [-0.15, -0.1) is 0 Å². The van der Waals surface area contributed by atoms with Crippen LogP contribution in [0.2, 0.25) is 0 Å². The van der Waals surface area contributed by atoms with Crippen LogP contribution in [0.4, 0.5) is 0 Å². The predicted molar refractivity (Wildman–Crippen MR) is 89.0 cm³/mol. The fourth-order valence-corrected chi connectivity index (χ4v) is 2.57. The van der Waals surface area contributed by atoms with Crippen molar-refractivity contribution in [1.29, 1.82) is 0 Å². The lowest BCUT2D eigenvalue weighted by Gasteiger charge is -2.10. The largest absolute Gasteiger partial charge is 0.313 e. The summed E-state index contributed by atoms with van der Waals surface area (Å²) in [4.78, 5) is 4.70. The summed E-state index contributed by atoms with van der Waals surface area (Å²) in [6, 6.07) is 10.3. The van der Waals surface area contributed by atoms with E-state index in [-0.39, 0.29) is 0 Å². The molecule has 0 aliphatic carbocycles. The van der Waals surface area contributed by atoms with Gasteiger partial charge < -0.3 is 5.32 Å². The second kappa shape index (κ2) is 5.88. The van der Waals surface area contributed by atoms with Crippen LogP contribution in [0.25, 0.3) is 16.7 Å². The van der Waals surface area contributed by atoms with Gasteiger partial charge in [0.25, 0.3) is 0 Å². The maximum atomic E-state index is 4.70. The van der Waals surface area contributed by atoms with Gasteiger partial charge in [0.05, 0.1) is 15.3 Å². The van der Waals surface area contributed by atoms with Crippen molar-refractivity contribution in [3.63, 3.8) is 0 Å². The molecule has 1 N–H and O–H groups in total. The summed E-state index contributed by atoms with van der Waals surface area (Å²) in [6.07, 6.45) is 3.82. The minimum Gasteiger partial charge on any atom is -0.313 e. The average molecular weight is 378 g/mol. The molecule has 0 spiro atoms. The van der Waals surface area contributed by atoms with Crippen molar-refractivity contribution in [3.05, 3.63) is 51.9 Å². The number of hydrogen-bond donors (Lipinski definition) is 1. The molecule has 0 amide bonds. The van der Waals surface area contributed by atoms with Crippen molar-refractivity contribution >= 4 is 33.5 Å². The summed E-state index contributed by atoms with van der Waals surface area (Å²) in [5.74, 6) is 0.861. The van der Waals surface area contributed by atoms with Crippen molar-refractivity contribution < 1.29 is 0 Å². The maximum Gasteiger partial charge on any atom is 0.154 e. The zero-order valence-corrected chi connectivity index (χ0v) is 13.3. The maximum absolute atomic E-state index is 4.70. The molecule has 0 saturated carbocycles. The first kappa shape index (κ1) is 13.5. The predicted octanol–water partition coefficient (Wildman–Crippen LogP) is 3.13. The van der Waals surface area contributed by atoms with Crippen LogP contribution < -0.4 is 5.32 Å². The standard InChI is InChI=1S/C15H15IN4/c1-2-17-8-11-7-15(20-10-12(16)9-18-20)19-14-6-4-3-5-13(11)14/h3-7,9-10,17H,2,8H2,1H3. The number of nitrogens with one attached hydrogen (secondary N) is 1. The summed E-state index contributed by atoms with van der Waals surface area (Å²) < 4.78 is 2.93. The Morgan fingerprint density at radius 3 is 2.90 bits per heavy atom. The van der Waals surface area contributed by atoms with E-state index in [2.05, 4.69) is 58.1 Å². The number of aromatic nitrogens is 3. The number of benzene rings is 1. The lowest BCUT2D eigenvalue weighted by molar-refractivity contribution is 0.728. The van der Waals surface area contributed by atoms with Gasteiger partial charge in [-0.25, -0.2) is 9.67 Å². The van der Waals surface area contributed by atoms with E-state index in [9.17, 15) is 0 Å². The molecule has 20 heavy (non-hydrogen) atoms. The first-order valence-corrected chi connectivity index (χ1v) is 7.65. The molecule has 0 radical (unpaired) electrons. The number of nitrogens with zero attached hydrogens (tertiary/aromatic N) is 3. The SMILES string of the molecule is CCNCc1cc(-n2cc(I)cn2)nc2ccccc12. The molecule has 0 bridgehead atoms. The number of rotatable bonds is 4. The molecule has 2 heterocycles. The molecular weight excluding hydrogens is 363 g/mol. The van der Waals surface area contributed by atoms with Crippen molar-refractivity contribution in [2.75, 3.05) is 6.54 Å². The third-order valence-corrected chi connectivity index (χ3v) is 3.70. The quantitative estimate of drug-likeness (QED) is 0.710. The molecule has 0 saturated heterocycles. The molecule has 5 heteroatoms. The third-order valence-electron chi connectivity index (χ3n) is 3.14. The molecule has 0 aliphatic rings. The van der Waals surface area contributed by atoms with E-state index in [1.807, 2.05) is 29.2 Å². The third kappa shape index (κ3) is 2.69. The summed E-state index contributed by atoms with van der Waals surface area (Å²) in [5.41, 5.74) is 2.25. The van der Waals surface area contributed by atoms with Crippen LogP contribution >= 0.6 is 22.6 Å². The van der Waals surface area contributed by atoms with Gasteiger partial charge in [0.15, 0.2) is 5.82 Å². The first-order chi connectivity index (χ1) is 9.78. The van der Waals surface area contributed by atoms with Crippen LogP contribution in [0.15, 0.2) is 42.7 Å². The molecule has 102 valence electrons. The number of hydrogen-bond acceptors (Lipinski definition) is 3. The van der Waals surface area contributed by atoms with E-state index < -0.39 is 0 Å². The number of pyridine rings is 1. The zero-order valence-electron chi connectivity index (χ0n) is 11.2. The van der Waals surface area contributed by atoms with Gasteiger partial charge in [-0.2, -0.15) is 5.10 Å². The van der Waals surface area contributed by atoms with E-state index in [1.165, 1.54) is 10.9 Å². The van der Waals surface area contributed by atoms with E-state index in [1.54, 1.807) is 0 Å². The molecule has 3 aromatic rings. The Morgan fingerprint density at radius 1 is 1.30 bits per heavy atom. The molecule has 2 aromatic heterocycles. The van der Waals surface area contributed by atoms with Crippen molar-refractivity contribution in [3.8, 4) is 5.82 Å².